The van der Waals surface area contributed by atoms with Crippen molar-refractivity contribution in [2.45, 2.75) is 386 Å². The number of carbonyl (C=O) groups excluding carboxylic acids is 2. The summed E-state index contributed by atoms with van der Waals surface area (Å²) in [6.07, 6.45) is 111. The molecule has 0 aromatic rings. The first kappa shape index (κ1) is 94.7. The van der Waals surface area contributed by atoms with E-state index >= 15 is 0 Å². The summed E-state index contributed by atoms with van der Waals surface area (Å²) in [5, 5.41) is 9.78. The molecule has 9 heteroatoms. The first-order valence-electron chi connectivity index (χ1n) is 41.7. The van der Waals surface area contributed by atoms with Crippen LogP contribution in [0.3, 0.4) is 0 Å². The Hall–Kier alpha value is -4.31. The Morgan fingerprint density at radius 1 is 0.313 bits per heavy atom. The molecule has 99 heavy (non-hydrogen) atoms. The molecule has 0 aliphatic carbocycles. The Morgan fingerprint density at radius 3 is 0.859 bits per heavy atom. The van der Waals surface area contributed by atoms with Gasteiger partial charge in [0.2, 0.25) is 0 Å². The number of quaternary nitrogens is 1. The summed E-state index contributed by atoms with van der Waals surface area (Å²) in [4.78, 5) is 37.8. The Labute approximate surface area is 612 Å². The minimum Gasteiger partial charge on any atom is -0.477 e. The van der Waals surface area contributed by atoms with Crippen molar-refractivity contribution >= 4 is 17.9 Å². The van der Waals surface area contributed by atoms with Gasteiger partial charge in [-0.15, -0.1) is 0 Å². The van der Waals surface area contributed by atoms with Crippen LogP contribution in [-0.2, 0) is 33.3 Å². The van der Waals surface area contributed by atoms with Crippen LogP contribution in [0.2, 0.25) is 0 Å². The zero-order valence-corrected chi connectivity index (χ0v) is 65.4. The molecule has 9 nitrogen and oxygen atoms in total. The van der Waals surface area contributed by atoms with E-state index in [1.165, 1.54) is 231 Å². The molecule has 2 atom stereocenters. The number of unbranched alkanes of at least 4 members (excludes halogenated alkanes) is 42. The molecule has 1 N–H and O–H groups in total. The summed E-state index contributed by atoms with van der Waals surface area (Å²) in [6.45, 7) is 4.80. The number of hydrogen-bond acceptors (Lipinski definition) is 7. The van der Waals surface area contributed by atoms with Crippen molar-refractivity contribution in [3.63, 3.8) is 0 Å². The third kappa shape index (κ3) is 80.9. The normalized spacial score (nSPS) is 13.3. The SMILES string of the molecule is CC/C=C\C/C=C\C/C=C\C/C=C\C/C=C\C/C=C\C/C=C\C/C=C\C/C=C\C/C=C\CCCCCCCCCCCCC(=O)OC(COC(=O)CCCCCCCCCCCCCCCCCCCCCCCCCCCCCCCCCCC)COC(OCC[N+](C)(C)C)C(=O)O. The Bertz CT molecular complexity index is 2050. The molecular formula is C90H158NO8+. The van der Waals surface area contributed by atoms with Gasteiger partial charge < -0.3 is 28.5 Å². The van der Waals surface area contributed by atoms with Crippen LogP contribution in [0.4, 0.5) is 0 Å². The number of nitrogens with zero attached hydrogens (tertiary/aromatic N) is 1. The van der Waals surface area contributed by atoms with Gasteiger partial charge in [-0.05, 0) is 89.9 Å². The lowest BCUT2D eigenvalue weighted by molar-refractivity contribution is -0.870. The van der Waals surface area contributed by atoms with Crippen LogP contribution in [0, 0.1) is 0 Å². The predicted molar refractivity (Wildman–Crippen MR) is 428 cm³/mol. The van der Waals surface area contributed by atoms with Crippen molar-refractivity contribution in [3.8, 4) is 0 Å². The molecule has 570 valence electrons. The van der Waals surface area contributed by atoms with E-state index in [0.29, 0.717) is 23.9 Å². The van der Waals surface area contributed by atoms with E-state index in [1.54, 1.807) is 0 Å². The molecule has 0 radical (unpaired) electrons. The number of ether oxygens (including phenoxy) is 4. The second kappa shape index (κ2) is 79.4. The van der Waals surface area contributed by atoms with Crippen molar-refractivity contribution < 1.29 is 42.9 Å². The van der Waals surface area contributed by atoms with E-state index in [-0.39, 0.29) is 32.2 Å². The predicted octanol–water partition coefficient (Wildman–Crippen LogP) is 27.0. The number of carboxylic acids is 1. The van der Waals surface area contributed by atoms with Crippen molar-refractivity contribution in [1.82, 2.24) is 0 Å². The Morgan fingerprint density at radius 2 is 0.576 bits per heavy atom. The number of rotatable bonds is 77. The lowest BCUT2D eigenvalue weighted by Gasteiger charge is -2.25. The van der Waals surface area contributed by atoms with Crippen molar-refractivity contribution in [2.75, 3.05) is 47.5 Å². The third-order valence-electron chi connectivity index (χ3n) is 18.2. The quantitative estimate of drug-likeness (QED) is 0.0211. The van der Waals surface area contributed by atoms with Crippen LogP contribution in [0.25, 0.3) is 0 Å². The van der Waals surface area contributed by atoms with Gasteiger partial charge in [-0.25, -0.2) is 4.79 Å². The summed E-state index contributed by atoms with van der Waals surface area (Å²) >= 11 is 0. The zero-order valence-electron chi connectivity index (χ0n) is 65.4. The van der Waals surface area contributed by atoms with Crippen LogP contribution < -0.4 is 0 Å². The molecular weight excluding hydrogens is 1220 g/mol. The summed E-state index contributed by atoms with van der Waals surface area (Å²) in [5.41, 5.74) is 0. The van der Waals surface area contributed by atoms with Crippen LogP contribution >= 0.6 is 0 Å². The highest BCUT2D eigenvalue weighted by Crippen LogP contribution is 2.19. The van der Waals surface area contributed by atoms with E-state index in [2.05, 4.69) is 135 Å². The minimum absolute atomic E-state index is 0.184. The Kier molecular flexibility index (Phi) is 75.9. The number of carbonyl (C=O) groups is 3. The van der Waals surface area contributed by atoms with E-state index in [4.69, 9.17) is 18.9 Å². The average molecular weight is 1380 g/mol. The summed E-state index contributed by atoms with van der Waals surface area (Å²) in [5.74, 6) is -2.00. The van der Waals surface area contributed by atoms with Crippen LogP contribution in [0.5, 0.6) is 0 Å². The number of hydrogen-bond donors (Lipinski definition) is 1. The molecule has 0 amide bonds. The number of likely N-dealkylation sites (N-methyl/N-ethyl adjacent to an activating group) is 1. The van der Waals surface area contributed by atoms with Crippen LogP contribution in [0.15, 0.2) is 122 Å². The van der Waals surface area contributed by atoms with E-state index < -0.39 is 24.3 Å². The van der Waals surface area contributed by atoms with Crippen LogP contribution in [-0.4, -0.2) is 87.4 Å². The molecule has 0 saturated carbocycles. The van der Waals surface area contributed by atoms with Gasteiger partial charge in [0.15, 0.2) is 6.10 Å². The first-order valence-corrected chi connectivity index (χ1v) is 41.7. The number of esters is 2. The Balaban J connectivity index is 4.05. The minimum atomic E-state index is -1.52. The first-order chi connectivity index (χ1) is 48.6. The van der Waals surface area contributed by atoms with Gasteiger partial charge in [0, 0.05) is 12.8 Å². The van der Waals surface area contributed by atoms with Gasteiger partial charge in [-0.2, -0.15) is 0 Å². The number of aliphatic carboxylic acids is 1. The molecule has 0 aromatic carbocycles. The molecule has 0 fully saturated rings. The highest BCUT2D eigenvalue weighted by atomic mass is 16.7. The van der Waals surface area contributed by atoms with E-state index in [0.717, 1.165) is 109 Å². The zero-order chi connectivity index (χ0) is 71.8. The van der Waals surface area contributed by atoms with Gasteiger partial charge in [0.05, 0.1) is 34.4 Å². The lowest BCUT2D eigenvalue weighted by Crippen LogP contribution is -2.40. The van der Waals surface area contributed by atoms with Crippen molar-refractivity contribution in [1.29, 1.82) is 0 Å². The van der Waals surface area contributed by atoms with Gasteiger partial charge in [-0.3, -0.25) is 9.59 Å². The molecule has 2 unspecified atom stereocenters. The molecule has 0 saturated heterocycles. The molecule has 0 aliphatic heterocycles. The van der Waals surface area contributed by atoms with Crippen molar-refractivity contribution in [2.24, 2.45) is 0 Å². The molecule has 0 rings (SSSR count). The summed E-state index contributed by atoms with van der Waals surface area (Å²) in [7, 11) is 5.99. The number of allylic oxidation sites excluding steroid dienone is 20. The molecule has 0 aliphatic rings. The maximum Gasteiger partial charge on any atom is 0.361 e. The van der Waals surface area contributed by atoms with Crippen LogP contribution in [0.1, 0.15) is 373 Å². The smallest absolute Gasteiger partial charge is 0.361 e. The molecule has 0 spiro atoms. The van der Waals surface area contributed by atoms with Gasteiger partial charge in [0.1, 0.15) is 13.2 Å². The van der Waals surface area contributed by atoms with Gasteiger partial charge in [0.25, 0.3) is 6.29 Å². The number of carboxylic acid groups (broad SMARTS) is 1. The van der Waals surface area contributed by atoms with Gasteiger partial charge >= 0.3 is 17.9 Å². The fraction of sp³-hybridized carbons (Fsp3) is 0.744. The standard InChI is InChI=1S/C90H157NO8/c1-6-8-10-12-14-16-18-20-22-24-26-28-30-32-34-36-38-40-41-42-43-44-45-46-47-49-51-53-55-57-59-61-63-65-67-69-71-73-75-77-79-81-88(93)99-86(85-98-90(89(94)95)96-83-82-91(3,4)5)84-97-87(92)80-78-76-74-72-70-68-66-64-62-60-58-56-54-52-50-48-39-37-35-33-31-29-27-25-23-21-19-17-15-13-11-9-7-2/h8,10,14,16,20,22,26,28,32,34,38,40,42-43,45-46,49,51,55,57,86,90H,6-7,9,11-13,15,17-19,21,23-25,27,29-31,33,35-37,39,41,44,47-48,50,52-54,56,58-85H2,1-5H3/p+1/b10-8-,16-14-,22-20-,28-26-,34-32-,40-38-,43-42-,46-45-,51-49-,57-55-. The largest absolute Gasteiger partial charge is 0.477 e. The maximum atomic E-state index is 13.0. The second-order valence-electron chi connectivity index (χ2n) is 29.1. The fourth-order valence-electron chi connectivity index (χ4n) is 11.9. The second-order valence-corrected chi connectivity index (χ2v) is 29.1. The third-order valence-corrected chi connectivity index (χ3v) is 18.2. The average Bonchev–Trinajstić information content (AvgIpc) is 2.62. The van der Waals surface area contributed by atoms with E-state index in [1.807, 2.05) is 21.1 Å². The van der Waals surface area contributed by atoms with E-state index in [9.17, 15) is 19.5 Å². The maximum absolute atomic E-state index is 13.0. The highest BCUT2D eigenvalue weighted by molar-refractivity contribution is 5.71. The summed E-state index contributed by atoms with van der Waals surface area (Å²) < 4.78 is 23.1. The van der Waals surface area contributed by atoms with Crippen molar-refractivity contribution in [3.05, 3.63) is 122 Å². The topological polar surface area (TPSA) is 108 Å². The fourth-order valence-corrected chi connectivity index (χ4v) is 11.9. The van der Waals surface area contributed by atoms with Gasteiger partial charge in [-0.1, -0.05) is 392 Å². The molecule has 0 heterocycles. The monoisotopic (exact) mass is 1380 g/mol. The summed E-state index contributed by atoms with van der Waals surface area (Å²) in [6, 6.07) is 0. The molecule has 0 aromatic heterocycles. The molecule has 0 bridgehead atoms. The highest BCUT2D eigenvalue weighted by Gasteiger charge is 2.25. The lowest BCUT2D eigenvalue weighted by atomic mass is 10.0.